The molecular formula is C10HI7. The van der Waals surface area contributed by atoms with E-state index >= 15 is 0 Å². The van der Waals surface area contributed by atoms with Crippen molar-refractivity contribution in [2.24, 2.45) is 0 Å². The zero-order valence-corrected chi connectivity index (χ0v) is 22.8. The monoisotopic (exact) mass is 1010 g/mol. The summed E-state index contributed by atoms with van der Waals surface area (Å²) >= 11 is 17.2. The minimum Gasteiger partial charge on any atom is -0.0431 e. The topological polar surface area (TPSA) is 0 Å². The van der Waals surface area contributed by atoms with Crippen LogP contribution in [0.25, 0.3) is 10.8 Å². The van der Waals surface area contributed by atoms with E-state index in [0.717, 1.165) is 0 Å². The largest absolute Gasteiger partial charge is 0.0431 e. The molecule has 0 fully saturated rings. The first-order chi connectivity index (χ1) is 7.86. The lowest BCUT2D eigenvalue weighted by atomic mass is 10.1. The van der Waals surface area contributed by atoms with Crippen LogP contribution in [0.3, 0.4) is 0 Å². The van der Waals surface area contributed by atoms with Crippen molar-refractivity contribution >= 4 is 169 Å². The number of fused-ring (bicyclic) bond motifs is 1. The summed E-state index contributed by atoms with van der Waals surface area (Å²) in [5.41, 5.74) is 0. The van der Waals surface area contributed by atoms with E-state index in [-0.39, 0.29) is 0 Å². The van der Waals surface area contributed by atoms with E-state index in [1.54, 1.807) is 0 Å². The van der Waals surface area contributed by atoms with Gasteiger partial charge in [0.15, 0.2) is 0 Å². The van der Waals surface area contributed by atoms with E-state index in [1.807, 2.05) is 0 Å². The fourth-order valence-electron chi connectivity index (χ4n) is 1.40. The summed E-state index contributed by atoms with van der Waals surface area (Å²) in [5.74, 6) is 0. The second-order valence-electron chi connectivity index (χ2n) is 3.16. The third-order valence-electron chi connectivity index (χ3n) is 2.20. The molecule has 0 heterocycles. The van der Waals surface area contributed by atoms with Crippen molar-refractivity contribution in [2.45, 2.75) is 0 Å². The Morgan fingerprint density at radius 2 is 1.00 bits per heavy atom. The molecule has 90 valence electrons. The average Bonchev–Trinajstić information content (AvgIpc) is 2.30. The van der Waals surface area contributed by atoms with Crippen LogP contribution < -0.4 is 0 Å². The van der Waals surface area contributed by atoms with Crippen molar-refractivity contribution in [3.8, 4) is 0 Å². The van der Waals surface area contributed by atoms with Crippen LogP contribution in [-0.4, -0.2) is 0 Å². The summed E-state index contributed by atoms with van der Waals surface area (Å²) in [4.78, 5) is 0. The number of hydrogen-bond acceptors (Lipinski definition) is 0. The van der Waals surface area contributed by atoms with Gasteiger partial charge in [-0.3, -0.25) is 0 Å². The molecule has 0 saturated carbocycles. The van der Waals surface area contributed by atoms with E-state index in [1.165, 1.54) is 35.8 Å². The highest BCUT2D eigenvalue weighted by atomic mass is 127. The van der Waals surface area contributed by atoms with Gasteiger partial charge in [-0.05, 0) is 170 Å². The normalized spacial score (nSPS) is 11.2. The predicted molar refractivity (Wildman–Crippen MR) is 133 cm³/mol. The van der Waals surface area contributed by atoms with Crippen LogP contribution in [0.15, 0.2) is 6.07 Å². The Hall–Kier alpha value is 3.81. The molecule has 0 bridgehead atoms. The Labute approximate surface area is 195 Å². The summed E-state index contributed by atoms with van der Waals surface area (Å²) in [7, 11) is 0. The summed E-state index contributed by atoms with van der Waals surface area (Å²) in [6, 6.07) is 2.31. The fraction of sp³-hybridized carbons (Fsp3) is 0. The van der Waals surface area contributed by atoms with Gasteiger partial charge in [-0.15, -0.1) is 0 Å². The van der Waals surface area contributed by atoms with Gasteiger partial charge in [-0.25, -0.2) is 0 Å². The Bertz CT molecular complexity index is 625. The van der Waals surface area contributed by atoms with E-state index < -0.39 is 0 Å². The molecular weight excluding hydrogens is 1010 g/mol. The summed E-state index contributed by atoms with van der Waals surface area (Å²) in [5, 5.41) is 2.79. The smallest absolute Gasteiger partial charge is 0.0415 e. The molecule has 0 radical (unpaired) electrons. The van der Waals surface area contributed by atoms with E-state index in [9.17, 15) is 0 Å². The van der Waals surface area contributed by atoms with Crippen LogP contribution in [0.4, 0.5) is 0 Å². The lowest BCUT2D eigenvalue weighted by Crippen LogP contribution is -1.98. The Morgan fingerprint density at radius 3 is 1.59 bits per heavy atom. The van der Waals surface area contributed by atoms with Crippen molar-refractivity contribution in [3.05, 3.63) is 31.1 Å². The molecule has 0 amide bonds. The van der Waals surface area contributed by atoms with Gasteiger partial charge in [-0.1, -0.05) is 0 Å². The van der Waals surface area contributed by atoms with E-state index in [2.05, 4.69) is 164 Å². The van der Waals surface area contributed by atoms with Gasteiger partial charge >= 0.3 is 0 Å². The molecule has 2 aromatic carbocycles. The lowest BCUT2D eigenvalue weighted by Gasteiger charge is -2.13. The van der Waals surface area contributed by atoms with Crippen molar-refractivity contribution in [1.29, 1.82) is 0 Å². The van der Waals surface area contributed by atoms with Crippen molar-refractivity contribution in [2.75, 3.05) is 0 Å². The van der Waals surface area contributed by atoms with Gasteiger partial charge in [0.1, 0.15) is 0 Å². The average molecular weight is 1010 g/mol. The Morgan fingerprint density at radius 1 is 0.529 bits per heavy atom. The highest BCUT2D eigenvalue weighted by molar-refractivity contribution is 14.1. The van der Waals surface area contributed by atoms with Gasteiger partial charge in [-0.2, -0.15) is 0 Å². The maximum absolute atomic E-state index is 2.47. The van der Waals surface area contributed by atoms with Gasteiger partial charge in [0.25, 0.3) is 0 Å². The molecule has 0 spiro atoms. The molecule has 17 heavy (non-hydrogen) atoms. The molecule has 2 rings (SSSR count). The lowest BCUT2D eigenvalue weighted by molar-refractivity contribution is 1.50. The summed E-state index contributed by atoms with van der Waals surface area (Å²) < 4.78 is 9.57. The molecule has 7 heteroatoms. The third-order valence-corrected chi connectivity index (χ3v) is 14.8. The maximum Gasteiger partial charge on any atom is 0.0415 e. The molecule has 0 atom stereocenters. The van der Waals surface area contributed by atoms with Gasteiger partial charge in [0.05, 0.1) is 0 Å². The second-order valence-corrected chi connectivity index (χ2v) is 10.8. The number of halogens is 7. The Kier molecular flexibility index (Phi) is 7.00. The summed E-state index contributed by atoms with van der Waals surface area (Å²) in [6.07, 6.45) is 0. The quantitative estimate of drug-likeness (QED) is 0.151. The van der Waals surface area contributed by atoms with Gasteiger partial charge in [0, 0.05) is 30.4 Å². The fourth-order valence-corrected chi connectivity index (χ4v) is 7.95. The highest BCUT2D eigenvalue weighted by Gasteiger charge is 2.18. The van der Waals surface area contributed by atoms with Crippen LogP contribution in [0, 0.1) is 25.0 Å². The molecule has 0 nitrogen and oxygen atoms in total. The van der Waals surface area contributed by atoms with Crippen LogP contribution >= 0.6 is 158 Å². The Balaban J connectivity index is 3.12. The van der Waals surface area contributed by atoms with Gasteiger partial charge < -0.3 is 0 Å². The number of rotatable bonds is 0. The second kappa shape index (κ2) is 6.93. The van der Waals surface area contributed by atoms with Crippen LogP contribution in [0.5, 0.6) is 0 Å². The maximum atomic E-state index is 2.47. The zero-order chi connectivity index (χ0) is 12.9. The zero-order valence-electron chi connectivity index (χ0n) is 7.72. The number of benzene rings is 2. The van der Waals surface area contributed by atoms with Crippen LogP contribution in [0.1, 0.15) is 0 Å². The van der Waals surface area contributed by atoms with E-state index in [0.29, 0.717) is 0 Å². The first kappa shape index (κ1) is 17.2. The number of hydrogen-bond donors (Lipinski definition) is 0. The molecule has 0 N–H and O–H groups in total. The van der Waals surface area contributed by atoms with Crippen molar-refractivity contribution in [3.63, 3.8) is 0 Å². The van der Waals surface area contributed by atoms with Gasteiger partial charge in [0.2, 0.25) is 0 Å². The summed E-state index contributed by atoms with van der Waals surface area (Å²) in [6.45, 7) is 0. The first-order valence-corrected chi connectivity index (χ1v) is 11.7. The van der Waals surface area contributed by atoms with E-state index in [4.69, 9.17) is 0 Å². The molecule has 0 aliphatic rings. The minimum atomic E-state index is 1.34. The molecule has 0 aromatic heterocycles. The first-order valence-electron chi connectivity index (χ1n) is 4.15. The minimum absolute atomic E-state index is 1.34. The van der Waals surface area contributed by atoms with Crippen LogP contribution in [0.2, 0.25) is 0 Å². The van der Waals surface area contributed by atoms with Crippen LogP contribution in [-0.2, 0) is 0 Å². The molecule has 0 aliphatic carbocycles. The van der Waals surface area contributed by atoms with Crippen molar-refractivity contribution in [1.82, 2.24) is 0 Å². The van der Waals surface area contributed by atoms with Crippen molar-refractivity contribution < 1.29 is 0 Å². The molecule has 0 aliphatic heterocycles. The standard InChI is InChI=1S/C10HI7/c11-3-1-2-4(7(14)6(3)13)8(15)10(17)9(16)5(2)12/h1H. The highest BCUT2D eigenvalue weighted by Crippen LogP contribution is 2.39. The molecule has 0 saturated heterocycles. The third kappa shape index (κ3) is 3.27. The molecule has 0 unspecified atom stereocenters. The SMILES string of the molecule is Ic1cc2c(I)c(I)c(I)c(I)c2c(I)c1I. The predicted octanol–water partition coefficient (Wildman–Crippen LogP) is 7.07. The molecule has 2 aromatic rings.